The van der Waals surface area contributed by atoms with Gasteiger partial charge in [0, 0.05) is 5.92 Å². The number of nitrogens with zero attached hydrogens (tertiary/aromatic N) is 1. The van der Waals surface area contributed by atoms with Gasteiger partial charge in [0.2, 0.25) is 0 Å². The molecule has 3 N–H and O–H groups in total. The number of amidine groups is 1. The zero-order valence-corrected chi connectivity index (χ0v) is 10.2. The number of nitrogens with one attached hydrogen (secondary N) is 1. The molecule has 5 heteroatoms. The highest BCUT2D eigenvalue weighted by molar-refractivity contribution is 8.18. The van der Waals surface area contributed by atoms with Gasteiger partial charge in [0.1, 0.15) is 0 Å². The molecular weight excluding hydrogens is 234 g/mol. The lowest BCUT2D eigenvalue weighted by molar-refractivity contribution is -0.115. The smallest absolute Gasteiger partial charge is 0.263 e. The van der Waals surface area contributed by atoms with Crippen molar-refractivity contribution in [3.63, 3.8) is 0 Å². The first-order chi connectivity index (χ1) is 8.20. The Kier molecular flexibility index (Phi) is 3.49. The van der Waals surface area contributed by atoms with Crippen LogP contribution in [0.4, 0.5) is 0 Å². The van der Waals surface area contributed by atoms with Crippen LogP contribution >= 0.6 is 11.8 Å². The summed E-state index contributed by atoms with van der Waals surface area (Å²) in [5, 5.41) is 6.51. The normalized spacial score (nSPS) is 21.8. The van der Waals surface area contributed by atoms with Gasteiger partial charge in [-0.25, -0.2) is 0 Å². The predicted octanol–water partition coefficient (Wildman–Crippen LogP) is 1.77. The van der Waals surface area contributed by atoms with Crippen LogP contribution in [0.5, 0.6) is 0 Å². The first-order valence-electron chi connectivity index (χ1n) is 5.24. The SMILES string of the molecule is CC(C=C1SC(=NN)NC1=O)c1ccccc1. The van der Waals surface area contributed by atoms with E-state index in [2.05, 4.69) is 10.4 Å². The summed E-state index contributed by atoms with van der Waals surface area (Å²) >= 11 is 1.27. The van der Waals surface area contributed by atoms with Crippen molar-refractivity contribution in [3.8, 4) is 0 Å². The molecule has 1 heterocycles. The Morgan fingerprint density at radius 3 is 2.71 bits per heavy atom. The molecule has 0 aliphatic carbocycles. The van der Waals surface area contributed by atoms with Crippen molar-refractivity contribution in [3.05, 3.63) is 46.9 Å². The Labute approximate surface area is 104 Å². The van der Waals surface area contributed by atoms with Crippen LogP contribution in [-0.4, -0.2) is 11.1 Å². The Morgan fingerprint density at radius 1 is 1.41 bits per heavy atom. The summed E-state index contributed by atoms with van der Waals surface area (Å²) in [5.74, 6) is 5.17. The number of hydrogen-bond donors (Lipinski definition) is 2. The van der Waals surface area contributed by atoms with E-state index in [0.29, 0.717) is 10.1 Å². The zero-order valence-electron chi connectivity index (χ0n) is 9.38. The van der Waals surface area contributed by atoms with E-state index in [0.717, 1.165) is 0 Å². The Balaban J connectivity index is 2.18. The van der Waals surface area contributed by atoms with E-state index in [1.165, 1.54) is 17.3 Å². The summed E-state index contributed by atoms with van der Waals surface area (Å²) in [6, 6.07) is 10.0. The molecule has 0 spiro atoms. The molecule has 1 fully saturated rings. The summed E-state index contributed by atoms with van der Waals surface area (Å²) in [6.45, 7) is 2.05. The van der Waals surface area contributed by atoms with Crippen LogP contribution in [0.25, 0.3) is 0 Å². The first-order valence-corrected chi connectivity index (χ1v) is 6.06. The molecule has 0 saturated carbocycles. The Morgan fingerprint density at radius 2 is 2.12 bits per heavy atom. The van der Waals surface area contributed by atoms with Gasteiger partial charge in [0.05, 0.1) is 4.91 Å². The van der Waals surface area contributed by atoms with Gasteiger partial charge in [-0.15, -0.1) is 0 Å². The third-order valence-electron chi connectivity index (χ3n) is 2.49. The van der Waals surface area contributed by atoms with E-state index < -0.39 is 0 Å². The van der Waals surface area contributed by atoms with Crippen LogP contribution in [0.2, 0.25) is 0 Å². The number of benzene rings is 1. The number of carbonyl (C=O) groups excluding carboxylic acids is 1. The fraction of sp³-hybridized carbons (Fsp3) is 0.167. The molecule has 1 aliphatic heterocycles. The quantitative estimate of drug-likeness (QED) is 0.475. The lowest BCUT2D eigenvalue weighted by atomic mass is 10.0. The molecule has 0 aromatic heterocycles. The average Bonchev–Trinajstić information content (AvgIpc) is 2.71. The Hall–Kier alpha value is -1.75. The van der Waals surface area contributed by atoms with Gasteiger partial charge in [0.25, 0.3) is 5.91 Å². The van der Waals surface area contributed by atoms with Gasteiger partial charge in [0.15, 0.2) is 5.17 Å². The first kappa shape index (κ1) is 11.7. The second-order valence-electron chi connectivity index (χ2n) is 3.72. The maximum atomic E-state index is 11.6. The summed E-state index contributed by atoms with van der Waals surface area (Å²) in [6.07, 6.45) is 1.92. The van der Waals surface area contributed by atoms with Crippen LogP contribution in [0.3, 0.4) is 0 Å². The number of nitrogens with two attached hydrogens (primary N) is 1. The van der Waals surface area contributed by atoms with E-state index in [4.69, 9.17) is 5.84 Å². The molecule has 88 valence electrons. The molecular formula is C12H13N3OS. The molecule has 1 saturated heterocycles. The number of allylic oxidation sites excluding steroid dienone is 1. The fourth-order valence-electron chi connectivity index (χ4n) is 1.58. The van der Waals surface area contributed by atoms with Crippen molar-refractivity contribution in [2.45, 2.75) is 12.8 Å². The molecule has 2 rings (SSSR count). The standard InChI is InChI=1S/C12H13N3OS/c1-8(9-5-3-2-4-6-9)7-10-11(16)14-12(15-13)17-10/h2-8H,13H2,1H3,(H,14,15,16). The van der Waals surface area contributed by atoms with Crippen molar-refractivity contribution < 1.29 is 4.79 Å². The van der Waals surface area contributed by atoms with Gasteiger partial charge in [-0.2, -0.15) is 5.10 Å². The lowest BCUT2D eigenvalue weighted by Gasteiger charge is -2.06. The molecule has 1 atom stereocenters. The van der Waals surface area contributed by atoms with Crippen LogP contribution < -0.4 is 11.2 Å². The molecule has 0 radical (unpaired) electrons. The van der Waals surface area contributed by atoms with E-state index in [1.807, 2.05) is 43.3 Å². The zero-order chi connectivity index (χ0) is 12.3. The highest BCUT2D eigenvalue weighted by Gasteiger charge is 2.24. The van der Waals surface area contributed by atoms with Crippen molar-refractivity contribution in [1.29, 1.82) is 0 Å². The number of carbonyl (C=O) groups is 1. The van der Waals surface area contributed by atoms with E-state index in [1.54, 1.807) is 0 Å². The molecule has 4 nitrogen and oxygen atoms in total. The number of hydrogen-bond acceptors (Lipinski definition) is 4. The lowest BCUT2D eigenvalue weighted by Crippen LogP contribution is -2.20. The number of amides is 1. The van der Waals surface area contributed by atoms with Crippen LogP contribution in [0.1, 0.15) is 18.4 Å². The van der Waals surface area contributed by atoms with Crippen molar-refractivity contribution in [1.82, 2.24) is 5.32 Å². The van der Waals surface area contributed by atoms with Crippen LogP contribution in [0, 0.1) is 0 Å². The maximum absolute atomic E-state index is 11.6. The number of rotatable bonds is 2. The molecule has 17 heavy (non-hydrogen) atoms. The van der Waals surface area contributed by atoms with Crippen molar-refractivity contribution in [2.24, 2.45) is 10.9 Å². The van der Waals surface area contributed by atoms with E-state index in [-0.39, 0.29) is 11.8 Å². The van der Waals surface area contributed by atoms with E-state index in [9.17, 15) is 4.79 Å². The minimum atomic E-state index is -0.137. The third kappa shape index (κ3) is 2.68. The number of hydrazone groups is 1. The largest absolute Gasteiger partial charge is 0.321 e. The highest BCUT2D eigenvalue weighted by Crippen LogP contribution is 2.27. The second-order valence-corrected chi connectivity index (χ2v) is 4.75. The average molecular weight is 247 g/mol. The van der Waals surface area contributed by atoms with Crippen LogP contribution in [-0.2, 0) is 4.79 Å². The maximum Gasteiger partial charge on any atom is 0.263 e. The summed E-state index contributed by atoms with van der Waals surface area (Å²) in [4.78, 5) is 12.2. The number of thioether (sulfide) groups is 1. The summed E-state index contributed by atoms with van der Waals surface area (Å²) < 4.78 is 0. The second kappa shape index (κ2) is 5.05. The molecule has 0 bridgehead atoms. The highest BCUT2D eigenvalue weighted by atomic mass is 32.2. The van der Waals surface area contributed by atoms with Gasteiger partial charge < -0.3 is 5.84 Å². The monoisotopic (exact) mass is 247 g/mol. The molecule has 1 aromatic rings. The summed E-state index contributed by atoms with van der Waals surface area (Å²) in [7, 11) is 0. The fourth-order valence-corrected chi connectivity index (χ4v) is 2.40. The third-order valence-corrected chi connectivity index (χ3v) is 3.44. The van der Waals surface area contributed by atoms with Crippen LogP contribution in [0.15, 0.2) is 46.4 Å². The van der Waals surface area contributed by atoms with E-state index >= 15 is 0 Å². The molecule has 1 aliphatic rings. The van der Waals surface area contributed by atoms with Gasteiger partial charge >= 0.3 is 0 Å². The van der Waals surface area contributed by atoms with Crippen molar-refractivity contribution in [2.75, 3.05) is 0 Å². The van der Waals surface area contributed by atoms with Gasteiger partial charge in [-0.3, -0.25) is 10.1 Å². The van der Waals surface area contributed by atoms with Gasteiger partial charge in [-0.1, -0.05) is 43.3 Å². The minimum Gasteiger partial charge on any atom is -0.321 e. The Bertz CT molecular complexity index is 482. The predicted molar refractivity (Wildman–Crippen MR) is 70.3 cm³/mol. The van der Waals surface area contributed by atoms with Gasteiger partial charge in [-0.05, 0) is 17.3 Å². The van der Waals surface area contributed by atoms with Crippen molar-refractivity contribution >= 4 is 22.8 Å². The topological polar surface area (TPSA) is 67.5 Å². The molecule has 1 aromatic carbocycles. The molecule has 1 amide bonds. The molecule has 1 unspecified atom stereocenters. The minimum absolute atomic E-state index is 0.137. The summed E-state index contributed by atoms with van der Waals surface area (Å²) in [5.41, 5.74) is 1.17.